The van der Waals surface area contributed by atoms with Gasteiger partial charge in [0, 0.05) is 55.4 Å². The summed E-state index contributed by atoms with van der Waals surface area (Å²) >= 11 is 2.96. The number of aromatic nitrogens is 4. The smallest absolute Gasteiger partial charge is 0.358 e. The van der Waals surface area contributed by atoms with E-state index < -0.39 is 53.0 Å². The molecule has 2 aliphatic heterocycles. The van der Waals surface area contributed by atoms with Gasteiger partial charge in [-0.2, -0.15) is 0 Å². The zero-order chi connectivity index (χ0) is 60.3. The molecular formula is C66H71N9O8S2. The molecule has 85 heavy (non-hydrogen) atoms. The van der Waals surface area contributed by atoms with Crippen molar-refractivity contribution in [2.24, 2.45) is 5.41 Å². The molecule has 1 fully saturated rings. The predicted octanol–water partition coefficient (Wildman–Crippen LogP) is 11.7. The summed E-state index contributed by atoms with van der Waals surface area (Å²) in [6.07, 6.45) is 2.84. The molecule has 19 heteroatoms. The molecule has 1 saturated heterocycles. The molecule has 4 N–H and O–H groups in total. The number of anilines is 2. The Kier molecular flexibility index (Phi) is 17.6. The molecular weight excluding hydrogens is 1110 g/mol. The number of para-hydroxylation sites is 1. The first-order chi connectivity index (χ1) is 40.6. The number of carbonyl (C=O) groups excluding carboxylic acids is 5. The Balaban J connectivity index is 0.763. The van der Waals surface area contributed by atoms with E-state index in [1.807, 2.05) is 172 Å². The van der Waals surface area contributed by atoms with Crippen LogP contribution in [0.2, 0.25) is 0 Å². The third-order valence-electron chi connectivity index (χ3n) is 15.3. The van der Waals surface area contributed by atoms with Crippen molar-refractivity contribution < 1.29 is 38.6 Å². The van der Waals surface area contributed by atoms with Crippen molar-refractivity contribution >= 4 is 73.4 Å². The summed E-state index contributed by atoms with van der Waals surface area (Å²) in [5.74, 6) is -0.186. The zero-order valence-corrected chi connectivity index (χ0v) is 51.0. The van der Waals surface area contributed by atoms with Crippen molar-refractivity contribution in [3.8, 4) is 33.1 Å². The number of likely N-dealkylation sites (tertiary alicyclic amines) is 1. The van der Waals surface area contributed by atoms with Crippen molar-refractivity contribution in [2.75, 3.05) is 23.3 Å². The molecule has 4 aromatic carbocycles. The third-order valence-corrected chi connectivity index (χ3v) is 17.2. The fourth-order valence-corrected chi connectivity index (χ4v) is 12.5. The van der Waals surface area contributed by atoms with E-state index in [2.05, 4.69) is 35.8 Å². The van der Waals surface area contributed by atoms with Crippen LogP contribution in [0.3, 0.4) is 0 Å². The second-order valence-electron chi connectivity index (χ2n) is 23.9. The van der Waals surface area contributed by atoms with Crippen LogP contribution in [0.5, 0.6) is 11.5 Å². The minimum Gasteiger partial charge on any atom is -0.457 e. The molecule has 4 amide bonds. The summed E-state index contributed by atoms with van der Waals surface area (Å²) in [4.78, 5) is 92.7. The molecule has 6 heterocycles. The SMILES string of the molecule is Cc1ncsc1-c1ccc([C@H](C)NC(=O)[C@@H]2C[C@@H](O)CN2C(=O)[C@@H](NC(=O)CCCc2ccc(Oc3cccc(-c4ccc(N5CCc6cccc(C(=O)Nc7nc8ccccc8s7)c6C5)nc4C(=O)OC(C)(C)C)c3C)cc2)C(C)(C)C)nc1. The maximum atomic E-state index is 14.3. The number of carbonyl (C=O) groups is 5. The molecule has 0 saturated carbocycles. The normalized spacial score (nSPS) is 15.9. The third kappa shape index (κ3) is 13.9. The number of hydrogen-bond donors (Lipinski definition) is 4. The zero-order valence-electron chi connectivity index (χ0n) is 49.3. The number of aliphatic hydroxyl groups excluding tert-OH is 1. The number of β-amino-alcohol motifs (C(OH)–C–C–N with tert-alkyl or cyclic N) is 1. The maximum Gasteiger partial charge on any atom is 0.358 e. The Morgan fingerprint density at radius 3 is 2.33 bits per heavy atom. The van der Waals surface area contributed by atoms with Gasteiger partial charge < -0.3 is 35.0 Å². The fourth-order valence-electron chi connectivity index (χ4n) is 10.8. The average molecular weight is 1180 g/mol. The lowest BCUT2D eigenvalue weighted by atomic mass is 9.85. The molecule has 0 unspecified atom stereocenters. The van der Waals surface area contributed by atoms with Gasteiger partial charge in [0.2, 0.25) is 17.7 Å². The number of thiazole rings is 2. The topological polar surface area (TPSA) is 218 Å². The van der Waals surface area contributed by atoms with Crippen molar-refractivity contribution in [2.45, 2.75) is 131 Å². The number of esters is 1. The van der Waals surface area contributed by atoms with Crippen LogP contribution in [0.4, 0.5) is 10.9 Å². The molecule has 8 aromatic rings. The van der Waals surface area contributed by atoms with E-state index in [4.69, 9.17) is 14.5 Å². The van der Waals surface area contributed by atoms with E-state index in [1.165, 1.54) is 27.6 Å². The van der Waals surface area contributed by atoms with Crippen molar-refractivity contribution in [3.63, 3.8) is 0 Å². The molecule has 0 aliphatic carbocycles. The van der Waals surface area contributed by atoms with Crippen LogP contribution in [0.15, 0.2) is 121 Å². The van der Waals surface area contributed by atoms with Crippen molar-refractivity contribution in [3.05, 3.63) is 166 Å². The Labute approximate surface area is 503 Å². The number of nitrogens with zero attached hydrogens (tertiary/aromatic N) is 6. The number of nitrogens with one attached hydrogen (secondary N) is 3. The highest BCUT2D eigenvalue weighted by atomic mass is 32.1. The summed E-state index contributed by atoms with van der Waals surface area (Å²) < 4.78 is 13.4. The highest BCUT2D eigenvalue weighted by Gasteiger charge is 2.45. The van der Waals surface area contributed by atoms with Gasteiger partial charge in [-0.3, -0.25) is 29.5 Å². The highest BCUT2D eigenvalue weighted by molar-refractivity contribution is 7.22. The Hall–Kier alpha value is -8.39. The predicted molar refractivity (Wildman–Crippen MR) is 332 cm³/mol. The van der Waals surface area contributed by atoms with E-state index in [-0.39, 0.29) is 36.9 Å². The Morgan fingerprint density at radius 1 is 0.835 bits per heavy atom. The van der Waals surface area contributed by atoms with Gasteiger partial charge in [0.1, 0.15) is 35.0 Å². The highest BCUT2D eigenvalue weighted by Crippen LogP contribution is 2.38. The number of pyridine rings is 2. The number of hydrogen-bond acceptors (Lipinski definition) is 15. The number of aryl methyl sites for hydroxylation is 2. The second kappa shape index (κ2) is 25.1. The van der Waals surface area contributed by atoms with E-state index >= 15 is 0 Å². The molecule has 4 atom stereocenters. The van der Waals surface area contributed by atoms with Crippen LogP contribution in [0, 0.1) is 19.3 Å². The lowest BCUT2D eigenvalue weighted by Gasteiger charge is -2.35. The number of fused-ring (bicyclic) bond motifs is 2. The van der Waals surface area contributed by atoms with Crippen LogP contribution in [-0.2, 0) is 38.5 Å². The van der Waals surface area contributed by atoms with E-state index in [1.54, 1.807) is 11.7 Å². The summed E-state index contributed by atoms with van der Waals surface area (Å²) in [6.45, 7) is 17.7. The fraction of sp³-hybridized carbons (Fsp3) is 0.348. The maximum absolute atomic E-state index is 14.3. The molecule has 10 rings (SSSR count). The summed E-state index contributed by atoms with van der Waals surface area (Å²) in [7, 11) is 0. The van der Waals surface area contributed by atoms with Gasteiger partial charge in [0.05, 0.1) is 44.1 Å². The first-order valence-electron chi connectivity index (χ1n) is 28.7. The minimum absolute atomic E-state index is 0.0319. The lowest BCUT2D eigenvalue weighted by Crippen LogP contribution is -2.57. The first kappa shape index (κ1) is 59.8. The molecule has 2 aliphatic rings. The molecule has 4 aromatic heterocycles. The molecule has 0 bridgehead atoms. The molecule has 0 radical (unpaired) electrons. The van der Waals surface area contributed by atoms with Crippen LogP contribution >= 0.6 is 22.7 Å². The molecule has 0 spiro atoms. The summed E-state index contributed by atoms with van der Waals surface area (Å²) in [5, 5.41) is 20.3. The summed E-state index contributed by atoms with van der Waals surface area (Å²) in [5.41, 5.74) is 9.39. The van der Waals surface area contributed by atoms with Crippen LogP contribution in [0.1, 0.15) is 128 Å². The Bertz CT molecular complexity index is 3760. The number of rotatable bonds is 17. The number of benzene rings is 4. The second-order valence-corrected chi connectivity index (χ2v) is 25.8. The van der Waals surface area contributed by atoms with Crippen LogP contribution < -0.4 is 25.6 Å². The van der Waals surface area contributed by atoms with Gasteiger partial charge in [0.15, 0.2) is 10.8 Å². The number of ether oxygens (including phenoxy) is 2. The minimum atomic E-state index is -0.952. The molecule has 17 nitrogen and oxygen atoms in total. The van der Waals surface area contributed by atoms with Gasteiger partial charge in [-0.1, -0.05) is 86.7 Å². The lowest BCUT2D eigenvalue weighted by molar-refractivity contribution is -0.144. The van der Waals surface area contributed by atoms with Gasteiger partial charge in [-0.25, -0.2) is 19.7 Å². The van der Waals surface area contributed by atoms with Crippen molar-refractivity contribution in [1.29, 1.82) is 0 Å². The standard InChI is InChI=1S/C66H71N9O8S2/c1-38-46(47-28-30-55(71-57(47)63(81)83-66(7,8)9)74-32-31-42-16-13-18-48(49(42)36-74)60(78)73-64-70-51-19-10-11-21-54(51)85-64)17-14-20-53(38)82-45-26-23-41(24-27-45)15-12-22-56(77)72-59(65(4,5)6)62(80)75-35-44(76)33-52(75)61(79)69-39(2)50-29-25-43(34-67-50)58-40(3)68-37-84-58/h10-11,13-14,16-21,23-30,34,37,39,44,52,59,76H,12,15,22,31-33,35-36H2,1-9H3,(H,69,79)(H,72,77)(H,70,73,78)/t39-,44+,52-,59+/m0/s1. The van der Waals surface area contributed by atoms with Gasteiger partial charge in [0.25, 0.3) is 5.91 Å². The van der Waals surface area contributed by atoms with E-state index in [9.17, 15) is 29.1 Å². The summed E-state index contributed by atoms with van der Waals surface area (Å²) in [6, 6.07) is 32.1. The van der Waals surface area contributed by atoms with Crippen LogP contribution in [0.25, 0.3) is 31.8 Å². The Morgan fingerprint density at radius 2 is 1.61 bits per heavy atom. The van der Waals surface area contributed by atoms with Crippen LogP contribution in [-0.4, -0.2) is 96.4 Å². The number of amides is 4. The van der Waals surface area contributed by atoms with E-state index in [0.717, 1.165) is 54.2 Å². The average Bonchev–Trinajstić information content (AvgIpc) is 3.28. The van der Waals surface area contributed by atoms with Gasteiger partial charge in [-0.05, 0) is 149 Å². The van der Waals surface area contributed by atoms with E-state index in [0.29, 0.717) is 71.6 Å². The number of aliphatic hydroxyl groups is 1. The van der Waals surface area contributed by atoms with Crippen molar-refractivity contribution in [1.82, 2.24) is 35.5 Å². The largest absolute Gasteiger partial charge is 0.457 e. The quantitative estimate of drug-likeness (QED) is 0.0625. The van der Waals surface area contributed by atoms with Gasteiger partial charge >= 0.3 is 5.97 Å². The molecule has 440 valence electrons. The monoisotopic (exact) mass is 1180 g/mol. The van der Waals surface area contributed by atoms with Gasteiger partial charge in [-0.15, -0.1) is 11.3 Å². The first-order valence-corrected chi connectivity index (χ1v) is 30.3.